The van der Waals surface area contributed by atoms with E-state index >= 15 is 0 Å². The Bertz CT molecular complexity index is 513. The van der Waals surface area contributed by atoms with Gasteiger partial charge in [-0.3, -0.25) is 0 Å². The molecule has 0 spiro atoms. The van der Waals surface area contributed by atoms with E-state index in [1.807, 2.05) is 37.3 Å². The van der Waals surface area contributed by atoms with E-state index in [1.165, 1.54) is 5.39 Å². The lowest BCUT2D eigenvalue weighted by atomic mass is 10.0. The predicted octanol–water partition coefficient (Wildman–Crippen LogP) is 2.50. The maximum Gasteiger partial charge on any atom is 0.0914 e. The third-order valence-electron chi connectivity index (χ3n) is 3.12. The Morgan fingerprint density at radius 2 is 1.95 bits per heavy atom. The minimum Gasteiger partial charge on any atom is -0.387 e. The van der Waals surface area contributed by atoms with E-state index in [9.17, 15) is 5.11 Å². The zero-order chi connectivity index (χ0) is 13.5. The lowest BCUT2D eigenvalue weighted by Gasteiger charge is -2.13. The molecule has 0 saturated heterocycles. The number of hydrogen-bond acceptors (Lipinski definition) is 3. The number of nitrogens with one attached hydrogen (secondary N) is 1. The number of aliphatic hydroxyl groups excluding tert-OH is 1. The van der Waals surface area contributed by atoms with Crippen molar-refractivity contribution in [3.05, 3.63) is 48.0 Å². The molecule has 0 fully saturated rings. The summed E-state index contributed by atoms with van der Waals surface area (Å²) in [7, 11) is 0. The zero-order valence-electron chi connectivity index (χ0n) is 11.3. The second kappa shape index (κ2) is 7.24. The first kappa shape index (κ1) is 14.0. The van der Waals surface area contributed by atoms with Crippen LogP contribution in [0.5, 0.6) is 0 Å². The Hall–Kier alpha value is -1.42. The molecule has 0 saturated carbocycles. The minimum absolute atomic E-state index is 0.480. The average Bonchev–Trinajstić information content (AvgIpc) is 2.46. The quantitative estimate of drug-likeness (QED) is 0.751. The van der Waals surface area contributed by atoms with Crippen LogP contribution in [0.15, 0.2) is 42.5 Å². The molecule has 2 rings (SSSR count). The van der Waals surface area contributed by atoms with Crippen molar-refractivity contribution in [1.29, 1.82) is 0 Å². The second-order valence-electron chi connectivity index (χ2n) is 4.52. The van der Waals surface area contributed by atoms with Crippen LogP contribution in [0, 0.1) is 0 Å². The van der Waals surface area contributed by atoms with E-state index in [2.05, 4.69) is 17.4 Å². The van der Waals surface area contributed by atoms with Crippen LogP contribution in [0.3, 0.4) is 0 Å². The first-order valence-corrected chi connectivity index (χ1v) is 6.76. The fourth-order valence-electron chi connectivity index (χ4n) is 2.06. The van der Waals surface area contributed by atoms with E-state index in [0.717, 1.165) is 24.1 Å². The van der Waals surface area contributed by atoms with Gasteiger partial charge in [0.15, 0.2) is 0 Å². The van der Waals surface area contributed by atoms with Gasteiger partial charge in [-0.05, 0) is 29.3 Å². The van der Waals surface area contributed by atoms with Crippen LogP contribution in [0.1, 0.15) is 18.6 Å². The van der Waals surface area contributed by atoms with Crippen molar-refractivity contribution >= 4 is 10.8 Å². The number of aliphatic hydroxyl groups is 1. The molecule has 1 atom stereocenters. The molecule has 0 aliphatic carbocycles. The summed E-state index contributed by atoms with van der Waals surface area (Å²) in [6, 6.07) is 14.3. The highest BCUT2D eigenvalue weighted by atomic mass is 16.5. The van der Waals surface area contributed by atoms with Gasteiger partial charge in [-0.1, -0.05) is 36.4 Å². The number of hydrogen-bond donors (Lipinski definition) is 2. The fraction of sp³-hybridized carbons (Fsp3) is 0.375. The van der Waals surface area contributed by atoms with Gasteiger partial charge in [-0.2, -0.15) is 0 Å². The van der Waals surface area contributed by atoms with Crippen molar-refractivity contribution in [3.8, 4) is 0 Å². The van der Waals surface area contributed by atoms with E-state index in [4.69, 9.17) is 4.74 Å². The van der Waals surface area contributed by atoms with Crippen molar-refractivity contribution in [2.24, 2.45) is 0 Å². The van der Waals surface area contributed by atoms with Crippen LogP contribution in [0.4, 0.5) is 0 Å². The van der Waals surface area contributed by atoms with Gasteiger partial charge in [0.1, 0.15) is 0 Å². The van der Waals surface area contributed by atoms with Crippen molar-refractivity contribution in [3.63, 3.8) is 0 Å². The Morgan fingerprint density at radius 3 is 2.74 bits per heavy atom. The maximum atomic E-state index is 10.1. The number of fused-ring (bicyclic) bond motifs is 1. The Labute approximate surface area is 114 Å². The van der Waals surface area contributed by atoms with Crippen LogP contribution < -0.4 is 5.32 Å². The molecule has 19 heavy (non-hydrogen) atoms. The topological polar surface area (TPSA) is 41.5 Å². The summed E-state index contributed by atoms with van der Waals surface area (Å²) >= 11 is 0. The second-order valence-corrected chi connectivity index (χ2v) is 4.52. The molecule has 1 unspecified atom stereocenters. The molecule has 0 aliphatic heterocycles. The molecule has 2 aromatic carbocycles. The molecular weight excluding hydrogens is 238 g/mol. The highest BCUT2D eigenvalue weighted by Crippen LogP contribution is 2.19. The lowest BCUT2D eigenvalue weighted by molar-refractivity contribution is 0.138. The number of benzene rings is 2. The number of ether oxygens (including phenoxy) is 1. The Morgan fingerprint density at radius 1 is 1.16 bits per heavy atom. The predicted molar refractivity (Wildman–Crippen MR) is 78.3 cm³/mol. The maximum absolute atomic E-state index is 10.1. The van der Waals surface area contributed by atoms with Gasteiger partial charge in [-0.25, -0.2) is 0 Å². The molecule has 0 heterocycles. The van der Waals surface area contributed by atoms with Gasteiger partial charge in [0.25, 0.3) is 0 Å². The summed E-state index contributed by atoms with van der Waals surface area (Å²) in [5.41, 5.74) is 0.947. The molecule has 0 amide bonds. The Kier molecular flexibility index (Phi) is 5.33. The highest BCUT2D eigenvalue weighted by molar-refractivity contribution is 5.83. The van der Waals surface area contributed by atoms with Gasteiger partial charge in [0.2, 0.25) is 0 Å². The zero-order valence-corrected chi connectivity index (χ0v) is 11.3. The largest absolute Gasteiger partial charge is 0.387 e. The molecule has 2 aromatic rings. The van der Waals surface area contributed by atoms with Gasteiger partial charge in [0.05, 0.1) is 12.7 Å². The molecule has 3 heteroatoms. The lowest BCUT2D eigenvalue weighted by Crippen LogP contribution is -2.25. The van der Waals surface area contributed by atoms with Crippen LogP contribution in [-0.2, 0) is 4.74 Å². The summed E-state index contributed by atoms with van der Waals surface area (Å²) in [5.74, 6) is 0. The molecule has 102 valence electrons. The van der Waals surface area contributed by atoms with E-state index in [0.29, 0.717) is 13.2 Å². The van der Waals surface area contributed by atoms with Crippen molar-refractivity contribution in [2.45, 2.75) is 13.0 Å². The SMILES string of the molecule is CCOCCNCC(O)c1ccc2ccccc2c1. The summed E-state index contributed by atoms with van der Waals surface area (Å²) in [6.07, 6.45) is -0.480. The molecule has 0 aliphatic rings. The number of rotatable bonds is 7. The van der Waals surface area contributed by atoms with Crippen molar-refractivity contribution in [2.75, 3.05) is 26.3 Å². The van der Waals surface area contributed by atoms with Gasteiger partial charge >= 0.3 is 0 Å². The molecular formula is C16H21NO2. The van der Waals surface area contributed by atoms with Crippen LogP contribution >= 0.6 is 0 Å². The Balaban J connectivity index is 1.91. The third-order valence-corrected chi connectivity index (χ3v) is 3.12. The third kappa shape index (κ3) is 4.03. The van der Waals surface area contributed by atoms with Gasteiger partial charge in [0, 0.05) is 19.7 Å². The molecule has 2 N–H and O–H groups in total. The van der Waals surface area contributed by atoms with Crippen molar-refractivity contribution < 1.29 is 9.84 Å². The first-order valence-electron chi connectivity index (χ1n) is 6.76. The van der Waals surface area contributed by atoms with Crippen LogP contribution in [0.2, 0.25) is 0 Å². The fourth-order valence-corrected chi connectivity index (χ4v) is 2.06. The molecule has 0 aromatic heterocycles. The van der Waals surface area contributed by atoms with Gasteiger partial charge < -0.3 is 15.2 Å². The standard InChI is InChI=1S/C16H21NO2/c1-2-19-10-9-17-12-16(18)15-8-7-13-5-3-4-6-14(13)11-15/h3-8,11,16-18H,2,9-10,12H2,1H3. The minimum atomic E-state index is -0.480. The van der Waals surface area contributed by atoms with E-state index in [-0.39, 0.29) is 0 Å². The monoisotopic (exact) mass is 259 g/mol. The van der Waals surface area contributed by atoms with Gasteiger partial charge in [-0.15, -0.1) is 0 Å². The first-order chi connectivity index (χ1) is 9.31. The van der Waals surface area contributed by atoms with E-state index in [1.54, 1.807) is 0 Å². The smallest absolute Gasteiger partial charge is 0.0914 e. The van der Waals surface area contributed by atoms with Crippen LogP contribution in [0.25, 0.3) is 10.8 Å². The van der Waals surface area contributed by atoms with E-state index < -0.39 is 6.10 Å². The normalized spacial score (nSPS) is 12.7. The molecule has 0 radical (unpaired) electrons. The molecule has 0 bridgehead atoms. The average molecular weight is 259 g/mol. The summed E-state index contributed by atoms with van der Waals surface area (Å²) in [6.45, 7) is 4.70. The van der Waals surface area contributed by atoms with Crippen LogP contribution in [-0.4, -0.2) is 31.4 Å². The summed E-state index contributed by atoms with van der Waals surface area (Å²) in [4.78, 5) is 0. The van der Waals surface area contributed by atoms with Crippen molar-refractivity contribution in [1.82, 2.24) is 5.32 Å². The summed E-state index contributed by atoms with van der Waals surface area (Å²) < 4.78 is 5.23. The molecule has 3 nitrogen and oxygen atoms in total. The summed E-state index contributed by atoms with van der Waals surface area (Å²) in [5, 5.41) is 15.7. The highest BCUT2D eigenvalue weighted by Gasteiger charge is 2.07.